The van der Waals surface area contributed by atoms with E-state index in [1.807, 2.05) is 6.92 Å². The number of amides is 1. The van der Waals surface area contributed by atoms with Crippen LogP contribution in [0.15, 0.2) is 49.0 Å². The maximum absolute atomic E-state index is 13.5. The summed E-state index contributed by atoms with van der Waals surface area (Å²) in [6, 6.07) is 9.71. The number of hydrogen-bond acceptors (Lipinski definition) is 4. The molecule has 0 aliphatic carbocycles. The van der Waals surface area contributed by atoms with Gasteiger partial charge in [0.1, 0.15) is 17.1 Å². The Kier molecular flexibility index (Phi) is 5.86. The number of rotatable bonds is 6. The molecule has 0 radical (unpaired) electrons. The zero-order chi connectivity index (χ0) is 22.0. The second-order valence-corrected chi connectivity index (χ2v) is 6.83. The van der Waals surface area contributed by atoms with E-state index in [9.17, 15) is 18.7 Å². The van der Waals surface area contributed by atoms with Gasteiger partial charge in [0.05, 0.1) is 11.7 Å². The standard InChI is InChI=1S/C22H21F2N3O3/c1-12(15-5-7-16(8-6-15)14(3)28)25-21(29)20-13(2)26-27(4)22(20)30-17-9-10-18(23)19(24)11-17/h5-12,28H,3H2,1-2,4H3,(H,25,29)/t12-/m0/s1. The van der Waals surface area contributed by atoms with Crippen LogP contribution in [0.5, 0.6) is 11.6 Å². The predicted octanol–water partition coefficient (Wildman–Crippen LogP) is 4.82. The van der Waals surface area contributed by atoms with Gasteiger partial charge in [0.25, 0.3) is 5.91 Å². The van der Waals surface area contributed by atoms with Gasteiger partial charge in [-0.3, -0.25) is 4.79 Å². The molecule has 156 valence electrons. The quantitative estimate of drug-likeness (QED) is 0.568. The molecule has 2 aromatic carbocycles. The Labute approximate surface area is 172 Å². The van der Waals surface area contributed by atoms with Crippen molar-refractivity contribution in [3.8, 4) is 11.6 Å². The highest BCUT2D eigenvalue weighted by molar-refractivity contribution is 5.98. The molecule has 0 saturated carbocycles. The van der Waals surface area contributed by atoms with Crippen molar-refractivity contribution in [3.05, 3.63) is 83.1 Å². The van der Waals surface area contributed by atoms with Gasteiger partial charge in [-0.2, -0.15) is 5.10 Å². The van der Waals surface area contributed by atoms with Gasteiger partial charge in [-0.15, -0.1) is 0 Å². The lowest BCUT2D eigenvalue weighted by atomic mass is 10.0. The number of hydrogen-bond donors (Lipinski definition) is 2. The van der Waals surface area contributed by atoms with Crippen molar-refractivity contribution in [2.45, 2.75) is 19.9 Å². The van der Waals surface area contributed by atoms with Crippen LogP contribution < -0.4 is 10.1 Å². The first-order chi connectivity index (χ1) is 14.2. The van der Waals surface area contributed by atoms with Gasteiger partial charge in [0, 0.05) is 18.7 Å². The largest absolute Gasteiger partial charge is 0.508 e. The van der Waals surface area contributed by atoms with Gasteiger partial charge in [0.15, 0.2) is 11.6 Å². The van der Waals surface area contributed by atoms with Crippen molar-refractivity contribution in [2.24, 2.45) is 7.05 Å². The lowest BCUT2D eigenvalue weighted by Gasteiger charge is -2.16. The number of aliphatic hydroxyl groups excluding tert-OH is 1. The molecule has 2 N–H and O–H groups in total. The topological polar surface area (TPSA) is 76.4 Å². The highest BCUT2D eigenvalue weighted by atomic mass is 19.2. The number of nitrogens with one attached hydrogen (secondary N) is 1. The average Bonchev–Trinajstić information content (AvgIpc) is 2.97. The van der Waals surface area contributed by atoms with E-state index < -0.39 is 17.5 Å². The number of carbonyl (C=O) groups is 1. The number of ether oxygens (including phenoxy) is 1. The number of aliphatic hydroxyl groups is 1. The maximum Gasteiger partial charge on any atom is 0.259 e. The Bertz CT molecular complexity index is 1110. The smallest absolute Gasteiger partial charge is 0.259 e. The normalized spacial score (nSPS) is 11.8. The molecule has 0 aliphatic rings. The Morgan fingerprint density at radius 2 is 1.87 bits per heavy atom. The first kappa shape index (κ1) is 21.0. The Morgan fingerprint density at radius 1 is 1.20 bits per heavy atom. The van der Waals surface area contributed by atoms with Crippen LogP contribution in [-0.4, -0.2) is 20.8 Å². The number of benzene rings is 2. The third-order valence-corrected chi connectivity index (χ3v) is 4.59. The summed E-state index contributed by atoms with van der Waals surface area (Å²) in [5, 5.41) is 16.5. The number of nitrogens with zero attached hydrogens (tertiary/aromatic N) is 2. The Morgan fingerprint density at radius 3 is 2.47 bits per heavy atom. The summed E-state index contributed by atoms with van der Waals surface area (Å²) < 4.78 is 33.7. The minimum atomic E-state index is -1.06. The number of aromatic nitrogens is 2. The molecule has 1 amide bonds. The van der Waals surface area contributed by atoms with Crippen LogP contribution in [0.1, 0.15) is 40.1 Å². The molecule has 0 saturated heterocycles. The van der Waals surface area contributed by atoms with E-state index in [1.54, 1.807) is 38.2 Å². The van der Waals surface area contributed by atoms with E-state index in [-0.39, 0.29) is 29.0 Å². The first-order valence-electron chi connectivity index (χ1n) is 9.13. The van der Waals surface area contributed by atoms with Gasteiger partial charge < -0.3 is 15.2 Å². The fraction of sp³-hybridized carbons (Fsp3) is 0.182. The number of carbonyl (C=O) groups excluding carboxylic acids is 1. The van der Waals surface area contributed by atoms with E-state index in [4.69, 9.17) is 4.74 Å². The van der Waals surface area contributed by atoms with Crippen LogP contribution in [0.4, 0.5) is 8.78 Å². The van der Waals surface area contributed by atoms with E-state index >= 15 is 0 Å². The molecule has 0 spiro atoms. The molecule has 0 fully saturated rings. The summed E-state index contributed by atoms with van der Waals surface area (Å²) in [5.74, 6) is -2.37. The molecule has 0 unspecified atom stereocenters. The van der Waals surface area contributed by atoms with Crippen molar-refractivity contribution in [1.29, 1.82) is 0 Å². The Balaban J connectivity index is 1.83. The zero-order valence-corrected chi connectivity index (χ0v) is 16.7. The third kappa shape index (κ3) is 4.32. The number of halogens is 2. The summed E-state index contributed by atoms with van der Waals surface area (Å²) >= 11 is 0. The summed E-state index contributed by atoms with van der Waals surface area (Å²) in [4.78, 5) is 12.9. The van der Waals surface area contributed by atoms with E-state index in [1.165, 1.54) is 10.7 Å². The van der Waals surface area contributed by atoms with Crippen molar-refractivity contribution in [1.82, 2.24) is 15.1 Å². The van der Waals surface area contributed by atoms with Gasteiger partial charge in [0.2, 0.25) is 5.88 Å². The molecule has 0 bridgehead atoms. The number of aryl methyl sites for hydroxylation is 2. The monoisotopic (exact) mass is 413 g/mol. The lowest BCUT2D eigenvalue weighted by Crippen LogP contribution is -2.27. The van der Waals surface area contributed by atoms with Crippen LogP contribution in [0.2, 0.25) is 0 Å². The van der Waals surface area contributed by atoms with Crippen LogP contribution in [0.3, 0.4) is 0 Å². The molecule has 0 aliphatic heterocycles. The molecule has 1 heterocycles. The highest BCUT2D eigenvalue weighted by Gasteiger charge is 2.24. The van der Waals surface area contributed by atoms with Crippen molar-refractivity contribution in [3.63, 3.8) is 0 Å². The zero-order valence-electron chi connectivity index (χ0n) is 16.7. The van der Waals surface area contributed by atoms with Crippen molar-refractivity contribution >= 4 is 11.7 Å². The van der Waals surface area contributed by atoms with Crippen LogP contribution in [0, 0.1) is 18.6 Å². The Hall–Kier alpha value is -3.68. The molecule has 6 nitrogen and oxygen atoms in total. The van der Waals surface area contributed by atoms with Gasteiger partial charge in [-0.05, 0) is 31.5 Å². The molecule has 3 aromatic rings. The van der Waals surface area contributed by atoms with Crippen molar-refractivity contribution in [2.75, 3.05) is 0 Å². The molecular weight excluding hydrogens is 392 g/mol. The van der Waals surface area contributed by atoms with Gasteiger partial charge in [-0.25, -0.2) is 13.5 Å². The van der Waals surface area contributed by atoms with Gasteiger partial charge in [-0.1, -0.05) is 30.8 Å². The molecule has 1 aromatic heterocycles. The lowest BCUT2D eigenvalue weighted by molar-refractivity contribution is 0.0936. The van der Waals surface area contributed by atoms with Crippen LogP contribution in [-0.2, 0) is 7.05 Å². The fourth-order valence-electron chi connectivity index (χ4n) is 2.98. The molecule has 30 heavy (non-hydrogen) atoms. The minimum Gasteiger partial charge on any atom is -0.508 e. The summed E-state index contributed by atoms with van der Waals surface area (Å²) in [7, 11) is 1.59. The second kappa shape index (κ2) is 8.36. The third-order valence-electron chi connectivity index (χ3n) is 4.59. The van der Waals surface area contributed by atoms with E-state index in [2.05, 4.69) is 17.0 Å². The molecule has 1 atom stereocenters. The molecular formula is C22H21F2N3O3. The summed E-state index contributed by atoms with van der Waals surface area (Å²) in [6.07, 6.45) is 0. The first-order valence-corrected chi connectivity index (χ1v) is 9.13. The summed E-state index contributed by atoms with van der Waals surface area (Å²) in [6.45, 7) is 6.93. The highest BCUT2D eigenvalue weighted by Crippen LogP contribution is 2.29. The van der Waals surface area contributed by atoms with Gasteiger partial charge >= 0.3 is 0 Å². The second-order valence-electron chi connectivity index (χ2n) is 6.83. The SMILES string of the molecule is C=C(O)c1ccc([C@H](C)NC(=O)c2c(C)nn(C)c2Oc2ccc(F)c(F)c2)cc1. The average molecular weight is 413 g/mol. The fourth-order valence-corrected chi connectivity index (χ4v) is 2.98. The van der Waals surface area contributed by atoms with E-state index in [0.29, 0.717) is 11.3 Å². The van der Waals surface area contributed by atoms with Crippen LogP contribution >= 0.6 is 0 Å². The van der Waals surface area contributed by atoms with E-state index in [0.717, 1.165) is 17.7 Å². The van der Waals surface area contributed by atoms with Crippen molar-refractivity contribution < 1.29 is 23.4 Å². The minimum absolute atomic E-state index is 0.0387. The molecule has 8 heteroatoms. The molecule has 3 rings (SSSR count). The predicted molar refractivity (Wildman–Crippen MR) is 108 cm³/mol. The summed E-state index contributed by atoms with van der Waals surface area (Å²) in [5.41, 5.74) is 2.02. The van der Waals surface area contributed by atoms with Crippen LogP contribution in [0.25, 0.3) is 5.76 Å². The maximum atomic E-state index is 13.5.